The van der Waals surface area contributed by atoms with Crippen LogP contribution in [0.1, 0.15) is 36.2 Å². The normalized spacial score (nSPS) is 10.8. The van der Waals surface area contributed by atoms with Crippen LogP contribution in [0.25, 0.3) is 11.0 Å². The van der Waals surface area contributed by atoms with Crippen molar-refractivity contribution in [3.8, 4) is 5.88 Å². The van der Waals surface area contributed by atoms with Crippen molar-refractivity contribution < 1.29 is 33.4 Å². The fourth-order valence-corrected chi connectivity index (χ4v) is 2.86. The molecule has 12 nitrogen and oxygen atoms in total. The number of pyridine rings is 1. The highest BCUT2D eigenvalue weighted by molar-refractivity contribution is 5.89. The summed E-state index contributed by atoms with van der Waals surface area (Å²) in [6, 6.07) is 7.32. The lowest BCUT2D eigenvalue weighted by atomic mass is 10.2. The standard InChI is InChI=1S/C21H23N5O7/c1-13(2)33-19(27)7-9-23-21-24-26(30)17-10-14(4-5-16(17)25(21)29)12-32-20(28)15-6-8-22-18(11-15)31-3/h4-6,8,10-11,13H,7,9,12H2,1-3H3,(H,23,24). The molecule has 2 heterocycles. The summed E-state index contributed by atoms with van der Waals surface area (Å²) in [4.78, 5) is 28.1. The number of carbonyl (C=O) groups is 2. The van der Waals surface area contributed by atoms with Gasteiger partial charge in [-0.3, -0.25) is 10.1 Å². The highest BCUT2D eigenvalue weighted by atomic mass is 16.5. The Hall–Kier alpha value is -4.22. The first-order valence-electron chi connectivity index (χ1n) is 10.0. The minimum Gasteiger partial charge on any atom is -0.739 e. The number of esters is 2. The molecule has 2 aromatic heterocycles. The van der Waals surface area contributed by atoms with Gasteiger partial charge in [-0.15, -0.1) is 0 Å². The molecule has 3 rings (SSSR count). The maximum absolute atomic E-state index is 12.6. The van der Waals surface area contributed by atoms with Crippen molar-refractivity contribution in [2.45, 2.75) is 33.0 Å². The van der Waals surface area contributed by atoms with Gasteiger partial charge < -0.3 is 24.6 Å². The maximum Gasteiger partial charge on any atom is 0.460 e. The van der Waals surface area contributed by atoms with E-state index in [1.165, 1.54) is 37.6 Å². The molecule has 0 aliphatic heterocycles. The van der Waals surface area contributed by atoms with Crippen LogP contribution in [0.5, 0.6) is 5.88 Å². The lowest BCUT2D eigenvalue weighted by Crippen LogP contribution is -2.44. The monoisotopic (exact) mass is 457 g/mol. The van der Waals surface area contributed by atoms with Gasteiger partial charge in [-0.1, -0.05) is 6.07 Å². The number of methoxy groups -OCH3 is 1. The Balaban J connectivity index is 1.69. The molecule has 0 atom stereocenters. The largest absolute Gasteiger partial charge is 0.739 e. The van der Waals surface area contributed by atoms with Gasteiger partial charge in [0.05, 0.1) is 31.7 Å². The second-order valence-corrected chi connectivity index (χ2v) is 7.19. The minimum absolute atomic E-state index is 0.00438. The summed E-state index contributed by atoms with van der Waals surface area (Å²) in [5.41, 5.74) is 0.795. The third-order valence-electron chi connectivity index (χ3n) is 4.37. The van der Waals surface area contributed by atoms with Crippen molar-refractivity contribution in [2.24, 2.45) is 0 Å². The molecule has 1 N–H and O–H groups in total. The first-order chi connectivity index (χ1) is 15.8. The lowest BCUT2D eigenvalue weighted by Gasteiger charge is -2.11. The van der Waals surface area contributed by atoms with Crippen LogP contribution >= 0.6 is 0 Å². The van der Waals surface area contributed by atoms with E-state index in [4.69, 9.17) is 14.2 Å². The van der Waals surface area contributed by atoms with E-state index in [9.17, 15) is 20.0 Å². The van der Waals surface area contributed by atoms with E-state index >= 15 is 0 Å². The lowest BCUT2D eigenvalue weighted by molar-refractivity contribution is -0.672. The van der Waals surface area contributed by atoms with Crippen LogP contribution in [0.2, 0.25) is 0 Å². The molecule has 0 saturated heterocycles. The van der Waals surface area contributed by atoms with Crippen LogP contribution in [0.15, 0.2) is 36.5 Å². The first-order valence-corrected chi connectivity index (χ1v) is 10.0. The molecule has 0 amide bonds. The first kappa shape index (κ1) is 23.4. The van der Waals surface area contributed by atoms with Crippen LogP contribution in [0.4, 0.5) is 5.95 Å². The predicted molar refractivity (Wildman–Crippen MR) is 114 cm³/mol. The number of rotatable bonds is 9. The topological polar surface area (TPSA) is 154 Å². The van der Waals surface area contributed by atoms with Gasteiger partial charge in [-0.2, -0.15) is 0 Å². The number of carbonyl (C=O) groups excluding carboxylic acids is 2. The minimum atomic E-state index is -0.599. The number of hydrogen-bond donors (Lipinski definition) is 1. The summed E-state index contributed by atoms with van der Waals surface area (Å²) in [5.74, 6) is -1.01. The van der Waals surface area contributed by atoms with Gasteiger partial charge in [0.15, 0.2) is 5.52 Å². The summed E-state index contributed by atoms with van der Waals surface area (Å²) in [7, 11) is 1.43. The Morgan fingerprint density at radius 1 is 1.15 bits per heavy atom. The Morgan fingerprint density at radius 2 is 1.94 bits per heavy atom. The molecule has 0 unspecified atom stereocenters. The van der Waals surface area contributed by atoms with Gasteiger partial charge in [0.1, 0.15) is 6.61 Å². The molecule has 0 saturated carbocycles. The molecule has 0 bridgehead atoms. The van der Waals surface area contributed by atoms with Gasteiger partial charge in [-0.25, -0.2) is 14.5 Å². The predicted octanol–water partition coefficient (Wildman–Crippen LogP) is 1.02. The summed E-state index contributed by atoms with van der Waals surface area (Å²) in [6.07, 6.45) is 1.18. The van der Waals surface area contributed by atoms with Gasteiger partial charge in [0.25, 0.3) is 5.52 Å². The fraction of sp³-hybridized carbons (Fsp3) is 0.333. The van der Waals surface area contributed by atoms with Crippen molar-refractivity contribution in [1.82, 2.24) is 10.1 Å². The number of nitrogens with zero attached hydrogens (tertiary/aromatic N) is 4. The second kappa shape index (κ2) is 10.4. The average molecular weight is 457 g/mol. The number of nitrogens with one attached hydrogen (secondary N) is 1. The zero-order chi connectivity index (χ0) is 24.0. The summed E-state index contributed by atoms with van der Waals surface area (Å²) < 4.78 is 15.7. The van der Waals surface area contributed by atoms with Gasteiger partial charge >= 0.3 is 17.9 Å². The summed E-state index contributed by atoms with van der Waals surface area (Å²) in [5, 5.41) is 31.3. The van der Waals surface area contributed by atoms with Gasteiger partial charge in [0.2, 0.25) is 11.0 Å². The van der Waals surface area contributed by atoms with E-state index in [0.717, 1.165) is 0 Å². The van der Waals surface area contributed by atoms with Gasteiger partial charge in [-0.05, 0) is 31.5 Å². The highest BCUT2D eigenvalue weighted by Crippen LogP contribution is 2.14. The molecule has 3 aromatic rings. The molecule has 0 aliphatic carbocycles. The zero-order valence-electron chi connectivity index (χ0n) is 18.3. The summed E-state index contributed by atoms with van der Waals surface area (Å²) in [6.45, 7) is 3.40. The van der Waals surface area contributed by atoms with Crippen molar-refractivity contribution >= 4 is 28.9 Å². The molecule has 0 fully saturated rings. The molecule has 1 aromatic carbocycles. The highest BCUT2D eigenvalue weighted by Gasteiger charge is 2.21. The van der Waals surface area contributed by atoms with Crippen LogP contribution in [-0.2, 0) is 20.9 Å². The van der Waals surface area contributed by atoms with Crippen LogP contribution < -0.4 is 19.6 Å². The molecular formula is C21H23N5O7. The zero-order valence-corrected chi connectivity index (χ0v) is 18.3. The fourth-order valence-electron chi connectivity index (χ4n) is 2.86. The van der Waals surface area contributed by atoms with Crippen molar-refractivity contribution in [1.29, 1.82) is 0 Å². The van der Waals surface area contributed by atoms with Crippen molar-refractivity contribution in [3.05, 3.63) is 58.1 Å². The number of aromatic nitrogens is 4. The molecule has 174 valence electrons. The quantitative estimate of drug-likeness (QED) is 0.280. The third kappa shape index (κ3) is 5.93. The molecule has 0 aliphatic rings. The molecule has 33 heavy (non-hydrogen) atoms. The van der Waals surface area contributed by atoms with Crippen LogP contribution in [-0.4, -0.2) is 41.8 Å². The molecular weight excluding hydrogens is 434 g/mol. The van der Waals surface area contributed by atoms with Gasteiger partial charge in [0, 0.05) is 23.2 Å². The van der Waals surface area contributed by atoms with Crippen LogP contribution in [0.3, 0.4) is 0 Å². The molecule has 12 heteroatoms. The van der Waals surface area contributed by atoms with E-state index in [0.29, 0.717) is 10.3 Å². The van der Waals surface area contributed by atoms with E-state index in [1.54, 1.807) is 19.9 Å². The number of anilines is 1. The van der Waals surface area contributed by atoms with E-state index in [-0.39, 0.29) is 58.9 Å². The average Bonchev–Trinajstić information content (AvgIpc) is 2.80. The third-order valence-corrected chi connectivity index (χ3v) is 4.37. The SMILES string of the molecule is COc1cc(C(=O)OCc2ccc3c(c2)[n+]([O-])nc(NCCC(=O)OC(C)C)[n+]3[O-])ccn1. The van der Waals surface area contributed by atoms with E-state index in [1.807, 2.05) is 0 Å². The van der Waals surface area contributed by atoms with E-state index in [2.05, 4.69) is 15.4 Å². The van der Waals surface area contributed by atoms with Crippen molar-refractivity contribution in [3.63, 3.8) is 0 Å². The van der Waals surface area contributed by atoms with E-state index < -0.39 is 11.9 Å². The number of benzene rings is 1. The second-order valence-electron chi connectivity index (χ2n) is 7.19. The number of hydrogen-bond acceptors (Lipinski definition) is 10. The van der Waals surface area contributed by atoms with Crippen LogP contribution in [0, 0.1) is 10.4 Å². The number of fused-ring (bicyclic) bond motifs is 1. The Morgan fingerprint density at radius 3 is 2.67 bits per heavy atom. The Labute approximate surface area is 188 Å². The number of ether oxygens (including phenoxy) is 3. The summed E-state index contributed by atoms with van der Waals surface area (Å²) >= 11 is 0. The smallest absolute Gasteiger partial charge is 0.460 e. The Kier molecular flexibility index (Phi) is 7.38. The molecule has 0 spiro atoms. The van der Waals surface area contributed by atoms with Crippen molar-refractivity contribution in [2.75, 3.05) is 19.0 Å². The maximum atomic E-state index is 12.6. The Bertz CT molecular complexity index is 1170. The molecule has 0 radical (unpaired) electrons.